The van der Waals surface area contributed by atoms with Crippen LogP contribution in [0.3, 0.4) is 0 Å². The molecule has 0 unspecified atom stereocenters. The van der Waals surface area contributed by atoms with Crippen molar-refractivity contribution >= 4 is 5.91 Å². The van der Waals surface area contributed by atoms with E-state index < -0.39 is 0 Å². The molecule has 1 aliphatic carbocycles. The number of amides is 1. The van der Waals surface area contributed by atoms with Crippen molar-refractivity contribution in [2.45, 2.75) is 32.4 Å². The maximum atomic E-state index is 12.1. The Morgan fingerprint density at radius 1 is 1.11 bits per heavy atom. The second-order valence-electron chi connectivity index (χ2n) is 6.76. The second-order valence-corrected chi connectivity index (χ2v) is 6.76. The number of benzene rings is 2. The highest BCUT2D eigenvalue weighted by Gasteiger charge is 2.12. The number of hydrogen-bond acceptors (Lipinski definition) is 4. The highest BCUT2D eigenvalue weighted by molar-refractivity contribution is 5.77. The van der Waals surface area contributed by atoms with Gasteiger partial charge in [-0.1, -0.05) is 30.3 Å². The molecule has 0 atom stereocenters. The van der Waals surface area contributed by atoms with E-state index >= 15 is 0 Å². The number of nitrogens with zero attached hydrogens (tertiary/aromatic N) is 3. The summed E-state index contributed by atoms with van der Waals surface area (Å²) in [4.78, 5) is 16.1. The number of rotatable bonds is 7. The van der Waals surface area contributed by atoms with Crippen molar-refractivity contribution in [1.82, 2.24) is 20.1 Å². The molecule has 0 spiro atoms. The number of ether oxygens (including phenoxy) is 1. The van der Waals surface area contributed by atoms with Crippen LogP contribution in [0.4, 0.5) is 0 Å². The van der Waals surface area contributed by atoms with E-state index in [1.165, 1.54) is 23.9 Å². The molecule has 0 bridgehead atoms. The van der Waals surface area contributed by atoms with Crippen LogP contribution >= 0.6 is 0 Å². The van der Waals surface area contributed by atoms with E-state index in [9.17, 15) is 4.79 Å². The summed E-state index contributed by atoms with van der Waals surface area (Å²) >= 11 is 0. The van der Waals surface area contributed by atoms with Crippen LogP contribution in [-0.2, 0) is 30.7 Å². The van der Waals surface area contributed by atoms with Crippen LogP contribution in [-0.4, -0.2) is 27.3 Å². The van der Waals surface area contributed by atoms with E-state index in [2.05, 4.69) is 33.6 Å². The van der Waals surface area contributed by atoms with Gasteiger partial charge in [-0.15, -0.1) is 0 Å². The summed E-state index contributed by atoms with van der Waals surface area (Å²) in [5, 5.41) is 7.02. The SMILES string of the molecule is O=C(COc1ccc2c(c1)CCC2)NCc1cccc(Cn2cncn2)c1. The summed E-state index contributed by atoms with van der Waals surface area (Å²) in [7, 11) is 0. The minimum atomic E-state index is -0.128. The van der Waals surface area contributed by atoms with Gasteiger partial charge in [0.25, 0.3) is 5.91 Å². The van der Waals surface area contributed by atoms with E-state index in [4.69, 9.17) is 4.74 Å². The Balaban J connectivity index is 1.26. The lowest BCUT2D eigenvalue weighted by Crippen LogP contribution is -2.28. The Kier molecular flexibility index (Phi) is 5.14. The fourth-order valence-electron chi connectivity index (χ4n) is 3.38. The number of hydrogen-bond donors (Lipinski definition) is 1. The predicted octanol–water partition coefficient (Wildman–Crippen LogP) is 2.51. The van der Waals surface area contributed by atoms with Crippen LogP contribution in [0, 0.1) is 0 Å². The summed E-state index contributed by atoms with van der Waals surface area (Å²) in [5.74, 6) is 0.637. The van der Waals surface area contributed by atoms with Crippen molar-refractivity contribution in [3.05, 3.63) is 77.4 Å². The largest absolute Gasteiger partial charge is 0.484 e. The highest BCUT2D eigenvalue weighted by Crippen LogP contribution is 2.25. The Morgan fingerprint density at radius 3 is 2.89 bits per heavy atom. The van der Waals surface area contributed by atoms with Crippen LogP contribution in [0.2, 0.25) is 0 Å². The van der Waals surface area contributed by atoms with Crippen LogP contribution in [0.1, 0.15) is 28.7 Å². The van der Waals surface area contributed by atoms with Gasteiger partial charge in [0.2, 0.25) is 0 Å². The van der Waals surface area contributed by atoms with Crippen LogP contribution < -0.4 is 10.1 Å². The molecule has 1 aromatic heterocycles. The maximum Gasteiger partial charge on any atom is 0.258 e. The Morgan fingerprint density at radius 2 is 2.00 bits per heavy atom. The number of carbonyl (C=O) groups is 1. The van der Waals surface area contributed by atoms with Crippen molar-refractivity contribution in [2.24, 2.45) is 0 Å². The molecule has 1 aliphatic rings. The van der Waals surface area contributed by atoms with Crippen molar-refractivity contribution < 1.29 is 9.53 Å². The molecular weight excluding hydrogens is 340 g/mol. The first-order valence-corrected chi connectivity index (χ1v) is 9.18. The topological polar surface area (TPSA) is 69.0 Å². The molecule has 4 rings (SSSR count). The minimum Gasteiger partial charge on any atom is -0.484 e. The van der Waals surface area contributed by atoms with Gasteiger partial charge in [-0.3, -0.25) is 4.79 Å². The van der Waals surface area contributed by atoms with Gasteiger partial charge in [-0.25, -0.2) is 9.67 Å². The molecule has 2 aromatic carbocycles. The molecule has 138 valence electrons. The number of carbonyl (C=O) groups excluding carboxylic acids is 1. The third kappa shape index (κ3) is 4.53. The quantitative estimate of drug-likeness (QED) is 0.701. The first kappa shape index (κ1) is 17.3. The lowest BCUT2D eigenvalue weighted by Gasteiger charge is -2.10. The van der Waals surface area contributed by atoms with Gasteiger partial charge in [0.15, 0.2) is 6.61 Å². The molecule has 0 saturated heterocycles. The highest BCUT2D eigenvalue weighted by atomic mass is 16.5. The minimum absolute atomic E-state index is 0.0252. The first-order chi connectivity index (χ1) is 13.3. The average molecular weight is 362 g/mol. The van der Waals surface area contributed by atoms with Crippen molar-refractivity contribution in [2.75, 3.05) is 6.61 Å². The summed E-state index contributed by atoms with van der Waals surface area (Å²) in [6.07, 6.45) is 6.65. The van der Waals surface area contributed by atoms with Gasteiger partial charge in [-0.05, 0) is 53.6 Å². The maximum absolute atomic E-state index is 12.1. The van der Waals surface area contributed by atoms with E-state index in [1.807, 2.05) is 24.3 Å². The number of aryl methyl sites for hydroxylation is 2. The summed E-state index contributed by atoms with van der Waals surface area (Å²) in [5.41, 5.74) is 4.90. The normalized spacial score (nSPS) is 12.6. The van der Waals surface area contributed by atoms with Crippen molar-refractivity contribution in [3.8, 4) is 5.75 Å². The smallest absolute Gasteiger partial charge is 0.258 e. The third-order valence-electron chi connectivity index (χ3n) is 4.73. The third-order valence-corrected chi connectivity index (χ3v) is 4.73. The van der Waals surface area contributed by atoms with Gasteiger partial charge < -0.3 is 10.1 Å². The Hall–Kier alpha value is -3.15. The summed E-state index contributed by atoms with van der Waals surface area (Å²) < 4.78 is 7.41. The molecule has 6 nitrogen and oxygen atoms in total. The molecule has 0 saturated carbocycles. The van der Waals surface area contributed by atoms with Gasteiger partial charge in [-0.2, -0.15) is 5.10 Å². The lowest BCUT2D eigenvalue weighted by molar-refractivity contribution is -0.123. The average Bonchev–Trinajstić information content (AvgIpc) is 3.36. The molecule has 1 N–H and O–H groups in total. The Labute approximate surface area is 158 Å². The molecule has 1 amide bonds. The van der Waals surface area contributed by atoms with E-state index in [1.54, 1.807) is 11.0 Å². The lowest BCUT2D eigenvalue weighted by atomic mass is 10.1. The van der Waals surface area contributed by atoms with Crippen LogP contribution in [0.15, 0.2) is 55.1 Å². The van der Waals surface area contributed by atoms with Crippen molar-refractivity contribution in [3.63, 3.8) is 0 Å². The van der Waals surface area contributed by atoms with Crippen LogP contribution in [0.25, 0.3) is 0 Å². The summed E-state index contributed by atoms with van der Waals surface area (Å²) in [6, 6.07) is 14.2. The number of nitrogens with one attached hydrogen (secondary N) is 1. The van der Waals surface area contributed by atoms with Crippen molar-refractivity contribution in [1.29, 1.82) is 0 Å². The molecule has 3 aromatic rings. The van der Waals surface area contributed by atoms with Gasteiger partial charge in [0.1, 0.15) is 18.4 Å². The zero-order chi connectivity index (χ0) is 18.5. The molecule has 0 aliphatic heterocycles. The molecule has 27 heavy (non-hydrogen) atoms. The van der Waals surface area contributed by atoms with Gasteiger partial charge >= 0.3 is 0 Å². The number of fused-ring (bicyclic) bond motifs is 1. The standard InChI is InChI=1S/C21H22N4O2/c26-21(13-27-20-8-7-18-5-2-6-19(18)10-20)23-11-16-3-1-4-17(9-16)12-25-15-22-14-24-25/h1,3-4,7-10,14-15H,2,5-6,11-13H2,(H,23,26). The molecular formula is C21H22N4O2. The first-order valence-electron chi connectivity index (χ1n) is 9.18. The van der Waals surface area contributed by atoms with Crippen LogP contribution in [0.5, 0.6) is 5.75 Å². The Bertz CT molecular complexity index is 922. The van der Waals surface area contributed by atoms with Gasteiger partial charge in [0.05, 0.1) is 6.54 Å². The fraction of sp³-hybridized carbons (Fsp3) is 0.286. The molecule has 0 fully saturated rings. The van der Waals surface area contributed by atoms with Gasteiger partial charge in [0, 0.05) is 6.54 Å². The van der Waals surface area contributed by atoms with E-state index in [-0.39, 0.29) is 12.5 Å². The molecule has 0 radical (unpaired) electrons. The zero-order valence-corrected chi connectivity index (χ0v) is 15.1. The number of aromatic nitrogens is 3. The summed E-state index contributed by atoms with van der Waals surface area (Å²) in [6.45, 7) is 1.15. The zero-order valence-electron chi connectivity index (χ0n) is 15.1. The molecule has 1 heterocycles. The molecule has 6 heteroatoms. The van der Waals surface area contributed by atoms with E-state index in [0.717, 1.165) is 29.7 Å². The fourth-order valence-corrected chi connectivity index (χ4v) is 3.38. The predicted molar refractivity (Wildman–Crippen MR) is 101 cm³/mol. The van der Waals surface area contributed by atoms with E-state index in [0.29, 0.717) is 13.1 Å². The second kappa shape index (κ2) is 8.03. The monoisotopic (exact) mass is 362 g/mol.